The van der Waals surface area contributed by atoms with Crippen LogP contribution in [0.2, 0.25) is 0 Å². The average Bonchev–Trinajstić information content (AvgIpc) is 2.59. The molecule has 1 aliphatic rings. The molecule has 5 heteroatoms. The van der Waals surface area contributed by atoms with Gasteiger partial charge in [-0.05, 0) is 18.1 Å². The van der Waals surface area contributed by atoms with E-state index in [1.807, 2.05) is 0 Å². The van der Waals surface area contributed by atoms with E-state index in [9.17, 15) is 9.59 Å². The molecular weight excluding hydrogens is 208 g/mol. The summed E-state index contributed by atoms with van der Waals surface area (Å²) in [5, 5.41) is 9.93. The van der Waals surface area contributed by atoms with Crippen LogP contribution in [0.3, 0.4) is 0 Å². The van der Waals surface area contributed by atoms with Crippen molar-refractivity contribution in [3.63, 3.8) is 0 Å². The summed E-state index contributed by atoms with van der Waals surface area (Å²) in [6.07, 6.45) is 0.454. The Morgan fingerprint density at radius 1 is 1.44 bits per heavy atom. The minimum absolute atomic E-state index is 0.404. The number of carboxylic acid groups (broad SMARTS) is 1. The van der Waals surface area contributed by atoms with Crippen LogP contribution in [-0.4, -0.2) is 17.1 Å². The number of hydrogen-bond acceptors (Lipinski definition) is 2. The predicted molar refractivity (Wildman–Crippen MR) is 54.8 cm³/mol. The van der Waals surface area contributed by atoms with Crippen molar-refractivity contribution in [2.24, 2.45) is 9.98 Å². The number of benzene rings is 1. The van der Waals surface area contributed by atoms with Crippen molar-refractivity contribution in [1.82, 2.24) is 0 Å². The van der Waals surface area contributed by atoms with Crippen molar-refractivity contribution in [1.29, 1.82) is 0 Å². The zero-order chi connectivity index (χ0) is 11.7. The summed E-state index contributed by atoms with van der Waals surface area (Å²) < 4.78 is 0. The van der Waals surface area contributed by atoms with Gasteiger partial charge >= 0.3 is 12.0 Å². The van der Waals surface area contributed by atoms with Crippen molar-refractivity contribution >= 4 is 12.0 Å². The number of carbonyl (C=O) groups excluding carboxylic acids is 1. The van der Waals surface area contributed by atoms with Crippen LogP contribution in [0.1, 0.15) is 24.8 Å². The van der Waals surface area contributed by atoms with Crippen LogP contribution < -0.4 is 10.7 Å². The van der Waals surface area contributed by atoms with Gasteiger partial charge in [0.25, 0.3) is 0 Å². The molecule has 1 aromatic carbocycles. The van der Waals surface area contributed by atoms with Crippen molar-refractivity contribution < 1.29 is 14.7 Å². The Kier molecular flexibility index (Phi) is 2.52. The monoisotopic (exact) mass is 218 g/mol. The number of carbonyl (C=O) groups is 2. The third-order valence-corrected chi connectivity index (χ3v) is 2.55. The van der Waals surface area contributed by atoms with Gasteiger partial charge in [-0.3, -0.25) is 4.79 Å². The third-order valence-electron chi connectivity index (χ3n) is 2.55. The zero-order valence-corrected chi connectivity index (χ0v) is 8.67. The van der Waals surface area contributed by atoms with E-state index in [-0.39, 0.29) is 0 Å². The topological polar surface area (TPSA) is 79.1 Å². The van der Waals surface area contributed by atoms with Gasteiger partial charge in [-0.2, -0.15) is 9.98 Å². The highest BCUT2D eigenvalue weighted by atomic mass is 16.4. The second kappa shape index (κ2) is 3.84. The minimum atomic E-state index is -0.912. The summed E-state index contributed by atoms with van der Waals surface area (Å²) in [6, 6.07) is 4.46. The minimum Gasteiger partial charge on any atom is -0.481 e. The second-order valence-electron chi connectivity index (χ2n) is 3.52. The molecule has 1 atom stereocenters. The van der Waals surface area contributed by atoms with E-state index in [0.717, 1.165) is 0 Å². The first-order valence-corrected chi connectivity index (χ1v) is 4.96. The highest BCUT2D eigenvalue weighted by Gasteiger charge is 2.21. The maximum Gasteiger partial charge on any atom is 0.368 e. The molecule has 0 saturated heterocycles. The lowest BCUT2D eigenvalue weighted by Crippen LogP contribution is -2.29. The Morgan fingerprint density at radius 3 is 2.81 bits per heavy atom. The van der Waals surface area contributed by atoms with Gasteiger partial charge < -0.3 is 5.11 Å². The number of hydrogen-bond donors (Lipinski definition) is 1. The number of aliphatic carboxylic acids is 1. The average molecular weight is 218 g/mol. The van der Waals surface area contributed by atoms with Gasteiger partial charge in [0.15, 0.2) is 0 Å². The van der Waals surface area contributed by atoms with Gasteiger partial charge in [0.1, 0.15) is 0 Å². The molecular formula is C11H10N2O3. The molecule has 1 aliphatic heterocycles. The highest BCUT2D eigenvalue weighted by molar-refractivity contribution is 5.79. The number of para-hydroxylation sites is 1. The highest BCUT2D eigenvalue weighted by Crippen LogP contribution is 2.15. The Morgan fingerprint density at radius 2 is 2.19 bits per heavy atom. The maximum absolute atomic E-state index is 11.1. The van der Waals surface area contributed by atoms with E-state index in [1.165, 1.54) is 0 Å². The summed E-state index contributed by atoms with van der Waals surface area (Å²) in [7, 11) is 0. The molecule has 1 heterocycles. The quantitative estimate of drug-likeness (QED) is 0.808. The van der Waals surface area contributed by atoms with Crippen molar-refractivity contribution in [2.75, 3.05) is 0 Å². The fourth-order valence-corrected chi connectivity index (χ4v) is 1.79. The molecule has 0 saturated carbocycles. The molecule has 2 amide bonds. The molecule has 5 nitrogen and oxygen atoms in total. The van der Waals surface area contributed by atoms with Crippen LogP contribution in [-0.2, 0) is 4.79 Å². The summed E-state index contributed by atoms with van der Waals surface area (Å²) in [6.45, 7) is 1.78. The lowest BCUT2D eigenvalue weighted by atomic mass is 9.96. The van der Waals surface area contributed by atoms with E-state index in [1.54, 1.807) is 25.1 Å². The van der Waals surface area contributed by atoms with Crippen molar-refractivity contribution in [3.05, 3.63) is 34.5 Å². The summed E-state index contributed by atoms with van der Waals surface area (Å²) in [4.78, 5) is 29.5. The smallest absolute Gasteiger partial charge is 0.368 e. The number of nitrogens with zero attached hydrogens (tertiary/aromatic N) is 2. The molecule has 0 radical (unpaired) electrons. The molecule has 1 aromatic rings. The zero-order valence-electron chi connectivity index (χ0n) is 8.67. The van der Waals surface area contributed by atoms with Gasteiger partial charge in [-0.25, -0.2) is 4.79 Å². The first kappa shape index (κ1) is 10.5. The van der Waals surface area contributed by atoms with Gasteiger partial charge in [0, 0.05) is 0 Å². The summed E-state index contributed by atoms with van der Waals surface area (Å²) >= 11 is 0. The van der Waals surface area contributed by atoms with E-state index in [2.05, 4.69) is 9.98 Å². The standard InChI is InChI=1S/C11H10N2O3/c1-2-6(10(14)15)7-4-3-5-8-9(7)13-11(16)12-8/h3-6H,2H2,1H3,(H,14,15). The van der Waals surface area contributed by atoms with E-state index < -0.39 is 17.9 Å². The molecule has 2 rings (SSSR count). The fourth-order valence-electron chi connectivity index (χ4n) is 1.79. The Hall–Kier alpha value is -2.04. The number of urea groups is 1. The van der Waals surface area contributed by atoms with Gasteiger partial charge in [0.2, 0.25) is 0 Å². The SMILES string of the molecule is CCC(C(=O)O)c1cccc2c1=NC(=O)N=2. The number of rotatable bonds is 3. The van der Waals surface area contributed by atoms with E-state index >= 15 is 0 Å². The first-order valence-electron chi connectivity index (χ1n) is 4.96. The lowest BCUT2D eigenvalue weighted by Gasteiger charge is -2.08. The molecule has 16 heavy (non-hydrogen) atoms. The maximum atomic E-state index is 11.1. The second-order valence-corrected chi connectivity index (χ2v) is 3.52. The molecule has 1 unspecified atom stereocenters. The van der Waals surface area contributed by atoms with Crippen LogP contribution in [0.25, 0.3) is 0 Å². The van der Waals surface area contributed by atoms with Crippen LogP contribution in [0, 0.1) is 0 Å². The third kappa shape index (κ3) is 1.60. The Bertz CT molecular complexity index is 577. The Balaban J connectivity index is 2.66. The van der Waals surface area contributed by atoms with Crippen LogP contribution in [0.4, 0.5) is 4.79 Å². The van der Waals surface area contributed by atoms with Crippen LogP contribution in [0.5, 0.6) is 0 Å². The fraction of sp³-hybridized carbons (Fsp3) is 0.273. The van der Waals surface area contributed by atoms with Gasteiger partial charge in [0.05, 0.1) is 16.6 Å². The lowest BCUT2D eigenvalue weighted by molar-refractivity contribution is -0.138. The Labute approximate surface area is 91.2 Å². The summed E-state index contributed by atoms with van der Waals surface area (Å²) in [5.41, 5.74) is 0.558. The molecule has 0 aliphatic carbocycles. The molecule has 0 aromatic heterocycles. The molecule has 0 spiro atoms. The van der Waals surface area contributed by atoms with Gasteiger partial charge in [-0.1, -0.05) is 19.1 Å². The van der Waals surface area contributed by atoms with Crippen molar-refractivity contribution in [2.45, 2.75) is 19.3 Å². The number of amides is 2. The van der Waals surface area contributed by atoms with Crippen LogP contribution >= 0.6 is 0 Å². The van der Waals surface area contributed by atoms with E-state index in [4.69, 9.17) is 5.11 Å². The molecule has 0 bridgehead atoms. The van der Waals surface area contributed by atoms with Gasteiger partial charge in [-0.15, -0.1) is 0 Å². The molecule has 1 N–H and O–H groups in total. The number of carboxylic acids is 1. The first-order chi connectivity index (χ1) is 7.63. The molecule has 82 valence electrons. The molecule has 0 fully saturated rings. The summed E-state index contributed by atoms with van der Waals surface area (Å²) in [5.74, 6) is -1.55. The predicted octanol–water partition coefficient (Wildman–Crippen LogP) is 0.638. The normalized spacial score (nSPS) is 14.9. The largest absolute Gasteiger partial charge is 0.481 e. The number of fused-ring (bicyclic) bond motifs is 1. The van der Waals surface area contributed by atoms with Crippen molar-refractivity contribution in [3.8, 4) is 0 Å². The van der Waals surface area contributed by atoms with Crippen LogP contribution in [0.15, 0.2) is 28.2 Å². The van der Waals surface area contributed by atoms with E-state index in [0.29, 0.717) is 22.7 Å².